The van der Waals surface area contributed by atoms with Crippen LogP contribution in [0.5, 0.6) is 0 Å². The van der Waals surface area contributed by atoms with Crippen molar-refractivity contribution in [2.45, 2.75) is 0 Å². The minimum absolute atomic E-state index is 0.289. The molecule has 1 aromatic rings. The number of carbonyl (C=O) groups excluding carboxylic acids is 1. The number of alkyl halides is 1. The molecule has 17 heavy (non-hydrogen) atoms. The van der Waals surface area contributed by atoms with Crippen molar-refractivity contribution in [3.8, 4) is 0 Å². The molecule has 0 saturated carbocycles. The van der Waals surface area contributed by atoms with Crippen molar-refractivity contribution in [2.75, 3.05) is 12.0 Å². The smallest absolute Gasteiger partial charge is 0.299 e. The fourth-order valence-electron chi connectivity index (χ4n) is 1.07. The Balaban J connectivity index is 3.17. The van der Waals surface area contributed by atoms with Gasteiger partial charge in [0.2, 0.25) is 0 Å². The van der Waals surface area contributed by atoms with Crippen molar-refractivity contribution in [1.29, 1.82) is 0 Å². The topological polar surface area (TPSA) is 115 Å². The minimum Gasteiger partial charge on any atom is -0.318 e. The predicted octanol–water partition coefficient (Wildman–Crippen LogP) is 1.41. The number of nitro benzene ring substituents is 2. The van der Waals surface area contributed by atoms with Gasteiger partial charge in [0.05, 0.1) is 15.9 Å². The molecular weight excluding hydrogens is 237 g/mol. The highest BCUT2D eigenvalue weighted by Gasteiger charge is 2.20. The number of nitrogens with zero attached hydrogens (tertiary/aromatic N) is 2. The normalized spacial score (nSPS) is 9.71. The van der Waals surface area contributed by atoms with Crippen LogP contribution in [-0.4, -0.2) is 22.4 Å². The summed E-state index contributed by atoms with van der Waals surface area (Å²) in [4.78, 5) is 30.0. The molecule has 0 saturated heterocycles. The third-order valence-corrected chi connectivity index (χ3v) is 1.78. The first kappa shape index (κ1) is 12.5. The van der Waals surface area contributed by atoms with Gasteiger partial charge < -0.3 is 5.32 Å². The Morgan fingerprint density at radius 3 is 2.41 bits per heavy atom. The predicted molar refractivity (Wildman–Crippen MR) is 54.4 cm³/mol. The zero-order valence-corrected chi connectivity index (χ0v) is 8.25. The van der Waals surface area contributed by atoms with Gasteiger partial charge in [-0.05, 0) is 6.07 Å². The van der Waals surface area contributed by atoms with Crippen LogP contribution in [-0.2, 0) is 4.79 Å². The maximum absolute atomic E-state index is 11.9. The molecule has 90 valence electrons. The number of non-ortho nitro benzene ring substituents is 1. The maximum Gasteiger partial charge on any atom is 0.299 e. The van der Waals surface area contributed by atoms with Crippen LogP contribution in [0, 0.1) is 20.2 Å². The quantitative estimate of drug-likeness (QED) is 0.633. The molecule has 0 aliphatic heterocycles. The van der Waals surface area contributed by atoms with Gasteiger partial charge in [-0.3, -0.25) is 25.0 Å². The van der Waals surface area contributed by atoms with E-state index in [1.165, 1.54) is 0 Å². The fraction of sp³-hybridized carbons (Fsp3) is 0.125. The van der Waals surface area contributed by atoms with E-state index in [-0.39, 0.29) is 5.69 Å². The summed E-state index contributed by atoms with van der Waals surface area (Å²) in [6, 6.07) is 2.64. The third-order valence-electron chi connectivity index (χ3n) is 1.78. The number of carbonyl (C=O) groups is 1. The van der Waals surface area contributed by atoms with Gasteiger partial charge in [-0.1, -0.05) is 0 Å². The molecule has 0 heterocycles. The van der Waals surface area contributed by atoms with E-state index in [4.69, 9.17) is 0 Å². The van der Waals surface area contributed by atoms with E-state index in [1.54, 1.807) is 0 Å². The fourth-order valence-corrected chi connectivity index (χ4v) is 1.07. The number of benzene rings is 1. The van der Waals surface area contributed by atoms with Gasteiger partial charge in [0.15, 0.2) is 6.67 Å². The third kappa shape index (κ3) is 2.93. The van der Waals surface area contributed by atoms with Crippen molar-refractivity contribution in [3.63, 3.8) is 0 Å². The summed E-state index contributed by atoms with van der Waals surface area (Å²) in [6.07, 6.45) is 0. The minimum atomic E-state index is -1.34. The SMILES string of the molecule is O=C(CF)Nc1ccc([N+](=O)[O-])cc1[N+](=O)[O-]. The van der Waals surface area contributed by atoms with E-state index in [0.29, 0.717) is 6.07 Å². The van der Waals surface area contributed by atoms with Crippen molar-refractivity contribution >= 4 is 23.0 Å². The van der Waals surface area contributed by atoms with Crippen LogP contribution in [0.4, 0.5) is 21.5 Å². The van der Waals surface area contributed by atoms with Crippen molar-refractivity contribution in [3.05, 3.63) is 38.4 Å². The zero-order valence-electron chi connectivity index (χ0n) is 8.25. The number of amides is 1. The molecular formula is C8H6FN3O5. The summed E-state index contributed by atoms with van der Waals surface area (Å²) >= 11 is 0. The standard InChI is InChI=1S/C8H6FN3O5/c9-4-8(13)10-6-2-1-5(11(14)15)3-7(6)12(16)17/h1-3H,4H2,(H,10,13). The molecule has 0 aliphatic carbocycles. The Morgan fingerprint density at radius 1 is 1.29 bits per heavy atom. The summed E-state index contributed by atoms with van der Waals surface area (Å²) in [7, 11) is 0. The van der Waals surface area contributed by atoms with Crippen LogP contribution in [0.3, 0.4) is 0 Å². The van der Waals surface area contributed by atoms with E-state index < -0.39 is 33.8 Å². The highest BCUT2D eigenvalue weighted by atomic mass is 19.1. The van der Waals surface area contributed by atoms with Gasteiger partial charge in [0.1, 0.15) is 5.69 Å². The number of nitrogens with one attached hydrogen (secondary N) is 1. The molecule has 1 amide bonds. The first-order valence-electron chi connectivity index (χ1n) is 4.24. The summed E-state index contributed by atoms with van der Waals surface area (Å²) in [5.41, 5.74) is -1.45. The molecule has 0 spiro atoms. The van der Waals surface area contributed by atoms with Crippen LogP contribution < -0.4 is 5.32 Å². The Kier molecular flexibility index (Phi) is 3.65. The van der Waals surface area contributed by atoms with Crippen LogP contribution in [0.2, 0.25) is 0 Å². The molecule has 0 aliphatic rings. The molecule has 8 nitrogen and oxygen atoms in total. The van der Waals surface area contributed by atoms with Gasteiger partial charge in [-0.25, -0.2) is 4.39 Å². The second-order valence-electron chi connectivity index (χ2n) is 2.90. The van der Waals surface area contributed by atoms with Gasteiger partial charge in [0.25, 0.3) is 17.3 Å². The highest BCUT2D eigenvalue weighted by molar-refractivity contribution is 5.94. The lowest BCUT2D eigenvalue weighted by atomic mass is 10.2. The summed E-state index contributed by atoms with van der Waals surface area (Å²) in [5, 5.41) is 22.9. The Bertz CT molecular complexity index is 490. The summed E-state index contributed by atoms with van der Waals surface area (Å²) < 4.78 is 11.9. The monoisotopic (exact) mass is 243 g/mol. The van der Waals surface area contributed by atoms with E-state index in [0.717, 1.165) is 12.1 Å². The van der Waals surface area contributed by atoms with Gasteiger partial charge in [-0.2, -0.15) is 0 Å². The first-order valence-corrected chi connectivity index (χ1v) is 4.24. The number of rotatable bonds is 4. The number of anilines is 1. The molecule has 0 bridgehead atoms. The van der Waals surface area contributed by atoms with Gasteiger partial charge in [0, 0.05) is 6.07 Å². The van der Waals surface area contributed by atoms with Crippen LogP contribution in [0.1, 0.15) is 0 Å². The van der Waals surface area contributed by atoms with E-state index >= 15 is 0 Å². The molecule has 9 heteroatoms. The number of hydrogen-bond acceptors (Lipinski definition) is 5. The van der Waals surface area contributed by atoms with Crippen molar-refractivity contribution in [1.82, 2.24) is 0 Å². The second-order valence-corrected chi connectivity index (χ2v) is 2.90. The molecule has 1 aromatic carbocycles. The highest BCUT2D eigenvalue weighted by Crippen LogP contribution is 2.28. The first-order chi connectivity index (χ1) is 7.95. The summed E-state index contributed by atoms with van der Waals surface area (Å²) in [6.45, 7) is -1.34. The molecule has 0 radical (unpaired) electrons. The summed E-state index contributed by atoms with van der Waals surface area (Å²) in [5.74, 6) is -1.07. The van der Waals surface area contributed by atoms with Gasteiger partial charge in [-0.15, -0.1) is 0 Å². The van der Waals surface area contributed by atoms with E-state index in [9.17, 15) is 29.4 Å². The molecule has 0 aromatic heterocycles. The van der Waals surface area contributed by atoms with Crippen LogP contribution in [0.25, 0.3) is 0 Å². The Hall–Kier alpha value is -2.58. The lowest BCUT2D eigenvalue weighted by Gasteiger charge is -2.03. The van der Waals surface area contributed by atoms with E-state index in [1.807, 2.05) is 5.32 Å². The van der Waals surface area contributed by atoms with Crippen molar-refractivity contribution < 1.29 is 19.0 Å². The lowest BCUT2D eigenvalue weighted by molar-refractivity contribution is -0.393. The van der Waals surface area contributed by atoms with Crippen molar-refractivity contribution in [2.24, 2.45) is 0 Å². The Labute approximate surface area is 93.3 Å². The maximum atomic E-state index is 11.9. The average molecular weight is 243 g/mol. The van der Waals surface area contributed by atoms with Gasteiger partial charge >= 0.3 is 0 Å². The number of hydrogen-bond donors (Lipinski definition) is 1. The second kappa shape index (κ2) is 4.96. The molecule has 1 N–H and O–H groups in total. The van der Waals surface area contributed by atoms with E-state index in [2.05, 4.69) is 0 Å². The molecule has 0 fully saturated rings. The lowest BCUT2D eigenvalue weighted by Crippen LogP contribution is -2.14. The average Bonchev–Trinajstić information content (AvgIpc) is 2.28. The van der Waals surface area contributed by atoms with Crippen LogP contribution >= 0.6 is 0 Å². The van der Waals surface area contributed by atoms with Crippen LogP contribution in [0.15, 0.2) is 18.2 Å². The number of halogens is 1. The molecule has 1 rings (SSSR count). The molecule has 0 unspecified atom stereocenters. The zero-order chi connectivity index (χ0) is 13.0. The molecule has 0 atom stereocenters. The number of nitro groups is 2. The largest absolute Gasteiger partial charge is 0.318 e. The Morgan fingerprint density at radius 2 is 1.94 bits per heavy atom.